The molecule has 1 saturated heterocycles. The fourth-order valence-electron chi connectivity index (χ4n) is 4.59. The van der Waals surface area contributed by atoms with E-state index in [-0.39, 0.29) is 11.3 Å². The molecule has 2 heterocycles. The standard InChI is InChI=1S/C28H23ClN2O3S/c1-14-5-6-16(3)20(12-14)25(32)22-24(18-7-9-19(29)10-8-18)31(27(34)26(22)33)28-30-23-17(4)11-15(2)13-21(23)35-28/h5-13,24,32H,1-4H3. The van der Waals surface area contributed by atoms with Crippen LogP contribution in [-0.2, 0) is 9.59 Å². The SMILES string of the molecule is Cc1ccc(C)c(C(O)=C2C(=O)C(=O)N(c3nc4c(C)cc(C)cc4s3)C2c2ccc(Cl)cc2)c1. The highest BCUT2D eigenvalue weighted by Gasteiger charge is 2.48. The number of thiazole rings is 1. The lowest BCUT2D eigenvalue weighted by atomic mass is 9.93. The second-order valence-electron chi connectivity index (χ2n) is 8.96. The number of hydrogen-bond donors (Lipinski definition) is 1. The smallest absolute Gasteiger partial charge is 0.301 e. The van der Waals surface area contributed by atoms with Gasteiger partial charge in [-0.25, -0.2) is 4.98 Å². The number of carbonyl (C=O) groups excluding carboxylic acids is 2. The van der Waals surface area contributed by atoms with Crippen molar-refractivity contribution in [3.8, 4) is 0 Å². The number of hydrogen-bond acceptors (Lipinski definition) is 5. The number of amides is 1. The van der Waals surface area contributed by atoms with Crippen LogP contribution in [0.1, 0.15) is 39.4 Å². The average molecular weight is 503 g/mol. The molecule has 35 heavy (non-hydrogen) atoms. The summed E-state index contributed by atoms with van der Waals surface area (Å²) in [5.41, 5.74) is 5.85. The van der Waals surface area contributed by atoms with Crippen molar-refractivity contribution in [3.63, 3.8) is 0 Å². The molecule has 3 aromatic carbocycles. The Labute approximate surface area is 212 Å². The summed E-state index contributed by atoms with van der Waals surface area (Å²) >= 11 is 7.49. The van der Waals surface area contributed by atoms with Crippen LogP contribution in [0.2, 0.25) is 5.02 Å². The van der Waals surface area contributed by atoms with Gasteiger partial charge in [0.05, 0.1) is 21.8 Å². The second-order valence-corrected chi connectivity index (χ2v) is 10.4. The fraction of sp³-hybridized carbons (Fsp3) is 0.179. The Morgan fingerprint density at radius 1 is 0.943 bits per heavy atom. The normalized spacial score (nSPS) is 17.5. The molecule has 1 fully saturated rings. The lowest BCUT2D eigenvalue weighted by Crippen LogP contribution is -2.29. The molecule has 0 aliphatic carbocycles. The molecule has 5 rings (SSSR count). The van der Waals surface area contributed by atoms with Gasteiger partial charge in [-0.2, -0.15) is 0 Å². The van der Waals surface area contributed by atoms with Crippen LogP contribution in [0.3, 0.4) is 0 Å². The quantitative estimate of drug-likeness (QED) is 0.190. The van der Waals surface area contributed by atoms with Crippen molar-refractivity contribution in [1.29, 1.82) is 0 Å². The number of rotatable bonds is 3. The van der Waals surface area contributed by atoms with E-state index in [2.05, 4.69) is 0 Å². The van der Waals surface area contributed by atoms with Crippen molar-refractivity contribution in [2.24, 2.45) is 0 Å². The van der Waals surface area contributed by atoms with Gasteiger partial charge in [0, 0.05) is 10.6 Å². The minimum atomic E-state index is -0.839. The first-order chi connectivity index (χ1) is 16.7. The molecular formula is C28H23ClN2O3S. The number of aliphatic hydroxyl groups is 1. The van der Waals surface area contributed by atoms with Gasteiger partial charge in [0.25, 0.3) is 5.78 Å². The summed E-state index contributed by atoms with van der Waals surface area (Å²) in [6.07, 6.45) is 0. The zero-order valence-electron chi connectivity index (χ0n) is 19.7. The third-order valence-corrected chi connectivity index (χ3v) is 7.56. The van der Waals surface area contributed by atoms with E-state index in [9.17, 15) is 14.7 Å². The van der Waals surface area contributed by atoms with Gasteiger partial charge in [-0.3, -0.25) is 14.5 Å². The van der Waals surface area contributed by atoms with Gasteiger partial charge in [0.15, 0.2) is 5.13 Å². The maximum Gasteiger partial charge on any atom is 0.301 e. The Morgan fingerprint density at radius 3 is 2.37 bits per heavy atom. The molecule has 1 N–H and O–H groups in total. The highest BCUT2D eigenvalue weighted by atomic mass is 35.5. The number of fused-ring (bicyclic) bond motifs is 1. The number of benzene rings is 3. The molecule has 0 spiro atoms. The van der Waals surface area contributed by atoms with Crippen LogP contribution < -0.4 is 4.90 Å². The highest BCUT2D eigenvalue weighted by molar-refractivity contribution is 7.22. The third-order valence-electron chi connectivity index (χ3n) is 6.30. The van der Waals surface area contributed by atoms with Crippen LogP contribution in [0.4, 0.5) is 5.13 Å². The van der Waals surface area contributed by atoms with E-state index in [1.165, 1.54) is 16.2 Å². The molecule has 5 nitrogen and oxygen atoms in total. The highest BCUT2D eigenvalue weighted by Crippen LogP contribution is 2.45. The van der Waals surface area contributed by atoms with Crippen molar-refractivity contribution in [2.45, 2.75) is 33.7 Å². The minimum absolute atomic E-state index is 0.0400. The molecule has 1 atom stereocenters. The Balaban J connectivity index is 1.77. The number of aromatic nitrogens is 1. The van der Waals surface area contributed by atoms with Crippen LogP contribution in [0.15, 0.2) is 60.2 Å². The van der Waals surface area contributed by atoms with Crippen molar-refractivity contribution >= 4 is 55.7 Å². The predicted molar refractivity (Wildman–Crippen MR) is 141 cm³/mol. The fourth-order valence-corrected chi connectivity index (χ4v) is 5.88. The van der Waals surface area contributed by atoms with Gasteiger partial charge in [-0.15, -0.1) is 0 Å². The van der Waals surface area contributed by atoms with E-state index < -0.39 is 17.7 Å². The molecular weight excluding hydrogens is 480 g/mol. The monoisotopic (exact) mass is 502 g/mol. The molecule has 176 valence electrons. The summed E-state index contributed by atoms with van der Waals surface area (Å²) in [6, 6.07) is 15.8. The van der Waals surface area contributed by atoms with Crippen molar-refractivity contribution in [1.82, 2.24) is 4.98 Å². The molecule has 0 saturated carbocycles. The van der Waals surface area contributed by atoms with Crippen LogP contribution in [0, 0.1) is 27.7 Å². The number of ketones is 1. The average Bonchev–Trinajstić information content (AvgIpc) is 3.34. The molecule has 1 aromatic heterocycles. The van der Waals surface area contributed by atoms with Gasteiger partial charge in [0.1, 0.15) is 5.76 Å². The number of aryl methyl sites for hydroxylation is 4. The van der Waals surface area contributed by atoms with E-state index in [1.807, 2.05) is 58.0 Å². The first kappa shape index (κ1) is 23.3. The Hall–Kier alpha value is -3.48. The largest absolute Gasteiger partial charge is 0.507 e. The van der Waals surface area contributed by atoms with Gasteiger partial charge in [0.2, 0.25) is 0 Å². The first-order valence-corrected chi connectivity index (χ1v) is 12.4. The van der Waals surface area contributed by atoms with Gasteiger partial charge >= 0.3 is 5.91 Å². The Kier molecular flexibility index (Phi) is 5.74. The lowest BCUT2D eigenvalue weighted by molar-refractivity contribution is -0.132. The molecule has 0 radical (unpaired) electrons. The first-order valence-electron chi connectivity index (χ1n) is 11.2. The van der Waals surface area contributed by atoms with Crippen molar-refractivity contribution in [3.05, 3.63) is 98.6 Å². The van der Waals surface area contributed by atoms with Crippen LogP contribution >= 0.6 is 22.9 Å². The van der Waals surface area contributed by atoms with E-state index in [0.29, 0.717) is 21.3 Å². The lowest BCUT2D eigenvalue weighted by Gasteiger charge is -2.23. The Bertz CT molecular complexity index is 1550. The molecule has 1 amide bonds. The van der Waals surface area contributed by atoms with Crippen LogP contribution in [-0.4, -0.2) is 21.8 Å². The summed E-state index contributed by atoms with van der Waals surface area (Å²) in [5.74, 6) is -1.65. The predicted octanol–water partition coefficient (Wildman–Crippen LogP) is 6.81. The second kappa shape index (κ2) is 8.63. The van der Waals surface area contributed by atoms with Crippen molar-refractivity contribution in [2.75, 3.05) is 4.90 Å². The van der Waals surface area contributed by atoms with E-state index >= 15 is 0 Å². The molecule has 1 aliphatic rings. The number of aliphatic hydroxyl groups excluding tert-OH is 1. The molecule has 7 heteroatoms. The number of Topliss-reactive ketones (excluding diaryl/α,β-unsaturated/α-hetero) is 1. The summed E-state index contributed by atoms with van der Waals surface area (Å²) < 4.78 is 0.934. The summed E-state index contributed by atoms with van der Waals surface area (Å²) in [6.45, 7) is 7.76. The van der Waals surface area contributed by atoms with Crippen LogP contribution in [0.5, 0.6) is 0 Å². The minimum Gasteiger partial charge on any atom is -0.507 e. The zero-order chi connectivity index (χ0) is 25.0. The molecule has 1 aliphatic heterocycles. The summed E-state index contributed by atoms with van der Waals surface area (Å²) in [5, 5.41) is 12.4. The summed E-state index contributed by atoms with van der Waals surface area (Å²) in [7, 11) is 0. The van der Waals surface area contributed by atoms with Crippen molar-refractivity contribution < 1.29 is 14.7 Å². The summed E-state index contributed by atoms with van der Waals surface area (Å²) in [4.78, 5) is 33.0. The maximum atomic E-state index is 13.5. The Morgan fingerprint density at radius 2 is 1.66 bits per heavy atom. The van der Waals surface area contributed by atoms with Gasteiger partial charge in [-0.1, -0.05) is 58.8 Å². The number of carbonyl (C=O) groups is 2. The van der Waals surface area contributed by atoms with Gasteiger partial charge in [-0.05, 0) is 74.2 Å². The van der Waals surface area contributed by atoms with Crippen LogP contribution in [0.25, 0.3) is 16.0 Å². The topological polar surface area (TPSA) is 70.5 Å². The van der Waals surface area contributed by atoms with E-state index in [1.54, 1.807) is 24.3 Å². The number of nitrogens with zero attached hydrogens (tertiary/aromatic N) is 2. The maximum absolute atomic E-state index is 13.5. The third kappa shape index (κ3) is 3.93. The number of halogens is 1. The van der Waals surface area contributed by atoms with Gasteiger partial charge < -0.3 is 5.11 Å². The van der Waals surface area contributed by atoms with E-state index in [0.717, 1.165) is 32.5 Å². The zero-order valence-corrected chi connectivity index (χ0v) is 21.3. The molecule has 0 bridgehead atoms. The molecule has 4 aromatic rings. The number of anilines is 1. The molecule has 1 unspecified atom stereocenters. The van der Waals surface area contributed by atoms with E-state index in [4.69, 9.17) is 16.6 Å².